The number of halogens is 4. The third kappa shape index (κ3) is 3.32. The van der Waals surface area contributed by atoms with Gasteiger partial charge in [-0.3, -0.25) is 4.57 Å². The van der Waals surface area contributed by atoms with Crippen LogP contribution < -0.4 is 11.4 Å². The van der Waals surface area contributed by atoms with Crippen molar-refractivity contribution in [2.24, 2.45) is 5.73 Å². The first kappa shape index (κ1) is 16.5. The number of aromatic nitrogens is 3. The number of benzene rings is 1. The molecule has 0 saturated heterocycles. The zero-order valence-corrected chi connectivity index (χ0v) is 11.8. The van der Waals surface area contributed by atoms with E-state index in [0.29, 0.717) is 10.6 Å². The summed E-state index contributed by atoms with van der Waals surface area (Å²) in [6.07, 6.45) is -7.53. The fourth-order valence-corrected chi connectivity index (χ4v) is 1.94. The fraction of sp³-hybridized carbons (Fsp3) is 0.333. The lowest BCUT2D eigenvalue weighted by molar-refractivity contribution is -0.207. The second-order valence-electron chi connectivity index (χ2n) is 4.46. The minimum atomic E-state index is -4.85. The Morgan fingerprint density at radius 3 is 2.41 bits per heavy atom. The molecular formula is C12H12ClF3N4O2. The molecule has 10 heteroatoms. The summed E-state index contributed by atoms with van der Waals surface area (Å²) in [7, 11) is 0. The molecule has 0 amide bonds. The van der Waals surface area contributed by atoms with Crippen molar-refractivity contribution in [3.63, 3.8) is 0 Å². The van der Waals surface area contributed by atoms with E-state index in [9.17, 15) is 23.1 Å². The van der Waals surface area contributed by atoms with Gasteiger partial charge in [0.15, 0.2) is 11.9 Å². The van der Waals surface area contributed by atoms with E-state index in [1.54, 1.807) is 0 Å². The molecule has 1 atom stereocenters. The predicted octanol–water partition coefficient (Wildman–Crippen LogP) is 1.20. The SMILES string of the molecule is NCn1nc(-c2ccc(Cl)cc2)n(C[C@H](O)C(F)(F)F)c1=O. The van der Waals surface area contributed by atoms with Gasteiger partial charge in [0.25, 0.3) is 0 Å². The molecule has 2 rings (SSSR count). The van der Waals surface area contributed by atoms with Gasteiger partial charge in [-0.05, 0) is 24.3 Å². The van der Waals surface area contributed by atoms with E-state index in [1.165, 1.54) is 24.3 Å². The van der Waals surface area contributed by atoms with Gasteiger partial charge < -0.3 is 10.8 Å². The summed E-state index contributed by atoms with van der Waals surface area (Å²) in [5.41, 5.74) is 4.87. The molecule has 0 fully saturated rings. The molecule has 0 unspecified atom stereocenters. The Morgan fingerprint density at radius 2 is 1.91 bits per heavy atom. The minimum absolute atomic E-state index is 0.0320. The number of aliphatic hydroxyl groups is 1. The Morgan fingerprint density at radius 1 is 1.32 bits per heavy atom. The van der Waals surface area contributed by atoms with Crippen LogP contribution in [0.25, 0.3) is 11.4 Å². The number of hydrogen-bond donors (Lipinski definition) is 2. The number of nitrogens with zero attached hydrogens (tertiary/aromatic N) is 3. The minimum Gasteiger partial charge on any atom is -0.382 e. The first-order valence-electron chi connectivity index (χ1n) is 6.12. The molecule has 3 N–H and O–H groups in total. The van der Waals surface area contributed by atoms with E-state index in [0.717, 1.165) is 9.25 Å². The zero-order chi connectivity index (χ0) is 16.5. The molecule has 1 aromatic carbocycles. The maximum absolute atomic E-state index is 12.5. The van der Waals surface area contributed by atoms with Crippen molar-refractivity contribution in [3.05, 3.63) is 39.8 Å². The summed E-state index contributed by atoms with van der Waals surface area (Å²) in [6.45, 7) is -1.27. The Labute approximate surface area is 127 Å². The lowest BCUT2D eigenvalue weighted by atomic mass is 10.2. The average Bonchev–Trinajstić information content (AvgIpc) is 2.76. The van der Waals surface area contributed by atoms with Crippen molar-refractivity contribution in [3.8, 4) is 11.4 Å². The van der Waals surface area contributed by atoms with Crippen LogP contribution in [0.4, 0.5) is 13.2 Å². The number of aliphatic hydroxyl groups excluding tert-OH is 1. The fourth-order valence-electron chi connectivity index (χ4n) is 1.81. The van der Waals surface area contributed by atoms with Gasteiger partial charge in [-0.15, -0.1) is 5.10 Å². The van der Waals surface area contributed by atoms with Crippen molar-refractivity contribution < 1.29 is 18.3 Å². The van der Waals surface area contributed by atoms with Gasteiger partial charge in [-0.2, -0.15) is 17.9 Å². The number of hydrogen-bond acceptors (Lipinski definition) is 4. The quantitative estimate of drug-likeness (QED) is 0.878. The molecule has 0 radical (unpaired) electrons. The summed E-state index contributed by atoms with van der Waals surface area (Å²) in [5.74, 6) is -0.0320. The second kappa shape index (κ2) is 6.11. The van der Waals surface area contributed by atoms with Crippen LogP contribution in [-0.2, 0) is 13.2 Å². The largest absolute Gasteiger partial charge is 0.416 e. The van der Waals surface area contributed by atoms with Gasteiger partial charge in [-0.25, -0.2) is 4.79 Å². The van der Waals surface area contributed by atoms with Gasteiger partial charge in [0.1, 0.15) is 0 Å². The molecule has 0 aliphatic rings. The smallest absolute Gasteiger partial charge is 0.382 e. The lowest BCUT2D eigenvalue weighted by Crippen LogP contribution is -2.37. The highest BCUT2D eigenvalue weighted by Crippen LogP contribution is 2.23. The summed E-state index contributed by atoms with van der Waals surface area (Å²) >= 11 is 5.74. The van der Waals surface area contributed by atoms with Gasteiger partial charge in [0.05, 0.1) is 13.2 Å². The Kier molecular flexibility index (Phi) is 4.59. The number of alkyl halides is 3. The van der Waals surface area contributed by atoms with Crippen LogP contribution in [0.1, 0.15) is 0 Å². The van der Waals surface area contributed by atoms with Crippen molar-refractivity contribution in [1.82, 2.24) is 14.3 Å². The van der Waals surface area contributed by atoms with Gasteiger partial charge in [0, 0.05) is 10.6 Å². The van der Waals surface area contributed by atoms with Crippen LogP contribution in [0.2, 0.25) is 5.02 Å². The van der Waals surface area contributed by atoms with Crippen LogP contribution in [0.3, 0.4) is 0 Å². The maximum atomic E-state index is 12.5. The van der Waals surface area contributed by atoms with E-state index in [-0.39, 0.29) is 12.5 Å². The topological polar surface area (TPSA) is 86.1 Å². The van der Waals surface area contributed by atoms with Crippen molar-refractivity contribution in [2.75, 3.05) is 0 Å². The van der Waals surface area contributed by atoms with Crippen LogP contribution >= 0.6 is 11.6 Å². The maximum Gasteiger partial charge on any atom is 0.416 e. The average molecular weight is 337 g/mol. The van der Waals surface area contributed by atoms with Crippen LogP contribution in [0.5, 0.6) is 0 Å². The normalized spacial score (nSPS) is 13.4. The van der Waals surface area contributed by atoms with Gasteiger partial charge in [-0.1, -0.05) is 11.6 Å². The van der Waals surface area contributed by atoms with Crippen LogP contribution in [-0.4, -0.2) is 31.7 Å². The number of nitrogens with two attached hydrogens (primary N) is 1. The monoisotopic (exact) mass is 336 g/mol. The third-order valence-corrected chi connectivity index (χ3v) is 3.18. The van der Waals surface area contributed by atoms with E-state index >= 15 is 0 Å². The van der Waals surface area contributed by atoms with E-state index in [4.69, 9.17) is 17.3 Å². The van der Waals surface area contributed by atoms with Crippen molar-refractivity contribution >= 4 is 11.6 Å². The third-order valence-electron chi connectivity index (χ3n) is 2.93. The summed E-state index contributed by atoms with van der Waals surface area (Å²) in [4.78, 5) is 12.0. The van der Waals surface area contributed by atoms with Gasteiger partial charge in [0.2, 0.25) is 0 Å². The number of rotatable bonds is 4. The Bertz CT molecular complexity index is 709. The standard InChI is InChI=1S/C12H12ClF3N4O2/c13-8-3-1-7(2-4-8)10-18-20(6-17)11(22)19(10)5-9(21)12(14,15)16/h1-4,9,21H,5-6,17H2/t9-/m0/s1. The summed E-state index contributed by atoms with van der Waals surface area (Å²) < 4.78 is 39.1. The lowest BCUT2D eigenvalue weighted by Gasteiger charge is -2.15. The highest BCUT2D eigenvalue weighted by atomic mass is 35.5. The highest BCUT2D eigenvalue weighted by molar-refractivity contribution is 6.30. The Hall–Kier alpha value is -1.84. The van der Waals surface area contributed by atoms with Gasteiger partial charge >= 0.3 is 11.9 Å². The van der Waals surface area contributed by atoms with Crippen LogP contribution in [0, 0.1) is 0 Å². The molecule has 0 aliphatic heterocycles. The second-order valence-corrected chi connectivity index (χ2v) is 4.90. The summed E-state index contributed by atoms with van der Waals surface area (Å²) in [6, 6.07) is 6.02. The molecule has 6 nitrogen and oxygen atoms in total. The molecule has 0 spiro atoms. The van der Waals surface area contributed by atoms with E-state index < -0.39 is 24.5 Å². The molecule has 22 heavy (non-hydrogen) atoms. The van der Waals surface area contributed by atoms with E-state index in [1.807, 2.05) is 0 Å². The molecule has 0 bridgehead atoms. The molecule has 0 saturated carbocycles. The van der Waals surface area contributed by atoms with Crippen molar-refractivity contribution in [1.29, 1.82) is 0 Å². The molecule has 120 valence electrons. The predicted molar refractivity (Wildman–Crippen MR) is 73.2 cm³/mol. The molecule has 2 aromatic rings. The zero-order valence-electron chi connectivity index (χ0n) is 11.1. The Balaban J connectivity index is 2.50. The molecular weight excluding hydrogens is 325 g/mol. The first-order valence-corrected chi connectivity index (χ1v) is 6.50. The van der Waals surface area contributed by atoms with Crippen molar-refractivity contribution in [2.45, 2.75) is 25.5 Å². The molecule has 0 aliphatic carbocycles. The first-order chi connectivity index (χ1) is 10.2. The highest BCUT2D eigenvalue weighted by Gasteiger charge is 2.39. The molecule has 1 heterocycles. The molecule has 1 aromatic heterocycles. The summed E-state index contributed by atoms with van der Waals surface area (Å²) in [5, 5.41) is 13.5. The van der Waals surface area contributed by atoms with E-state index in [2.05, 4.69) is 5.10 Å². The van der Waals surface area contributed by atoms with Crippen LogP contribution in [0.15, 0.2) is 29.1 Å².